The quantitative estimate of drug-likeness (QED) is 0.568. The van der Waals surface area contributed by atoms with Gasteiger partial charge in [0.25, 0.3) is 11.8 Å². The fourth-order valence-electron chi connectivity index (χ4n) is 2.88. The predicted molar refractivity (Wildman–Crippen MR) is 115 cm³/mol. The molecule has 2 heterocycles. The summed E-state index contributed by atoms with van der Waals surface area (Å²) in [6, 6.07) is 9.90. The first-order valence-corrected chi connectivity index (χ1v) is 9.63. The zero-order valence-corrected chi connectivity index (χ0v) is 17.9. The van der Waals surface area contributed by atoms with E-state index in [0.717, 1.165) is 0 Å². The van der Waals surface area contributed by atoms with Crippen molar-refractivity contribution in [3.8, 4) is 5.82 Å². The summed E-state index contributed by atoms with van der Waals surface area (Å²) in [7, 11) is 1.23. The Morgan fingerprint density at radius 1 is 1.13 bits per heavy atom. The minimum atomic E-state index is -0.585. The number of anilines is 1. The normalized spacial score (nSPS) is 10.5. The highest BCUT2D eigenvalue weighted by atomic mass is 35.5. The van der Waals surface area contributed by atoms with E-state index in [1.165, 1.54) is 11.8 Å². The van der Waals surface area contributed by atoms with Crippen LogP contribution in [0.5, 0.6) is 0 Å². The van der Waals surface area contributed by atoms with Gasteiger partial charge in [0.15, 0.2) is 5.82 Å². The van der Waals surface area contributed by atoms with Gasteiger partial charge in [-0.25, -0.2) is 9.67 Å². The molecule has 0 aliphatic heterocycles. The largest absolute Gasteiger partial charge is 0.468 e. The Morgan fingerprint density at radius 2 is 1.90 bits per heavy atom. The summed E-state index contributed by atoms with van der Waals surface area (Å²) in [5.41, 5.74) is 1.97. The molecule has 0 aliphatic rings. The molecule has 10 heteroatoms. The maximum Gasteiger partial charge on any atom is 0.325 e. The molecule has 2 N–H and O–H groups in total. The van der Waals surface area contributed by atoms with Crippen LogP contribution in [0.15, 0.2) is 42.6 Å². The number of carbonyl (C=O) groups is 3. The number of halogens is 1. The second-order valence-corrected chi connectivity index (χ2v) is 7.01. The Kier molecular flexibility index (Phi) is 6.66. The highest BCUT2D eigenvalue weighted by Gasteiger charge is 2.21. The number of rotatable bonds is 6. The summed E-state index contributed by atoms with van der Waals surface area (Å²) < 4.78 is 5.88. The average Bonchev–Trinajstić information content (AvgIpc) is 3.15. The predicted octanol–water partition coefficient (Wildman–Crippen LogP) is 2.69. The number of hydrogen-bond acceptors (Lipinski definition) is 6. The first-order chi connectivity index (χ1) is 14.8. The van der Waals surface area contributed by atoms with Crippen LogP contribution in [0.1, 0.15) is 32.1 Å². The lowest BCUT2D eigenvalue weighted by atomic mass is 10.1. The summed E-state index contributed by atoms with van der Waals surface area (Å²) in [5.74, 6) is -1.30. The van der Waals surface area contributed by atoms with Crippen molar-refractivity contribution in [2.24, 2.45) is 0 Å². The number of hydrogen-bond donors (Lipinski definition) is 2. The number of aryl methyl sites for hydroxylation is 2. The molecular formula is C21H20ClN5O4. The molecular weight excluding hydrogens is 422 g/mol. The lowest BCUT2D eigenvalue weighted by Gasteiger charge is -2.14. The standard InChI is InChI=1S/C21H20ClN5O4/c1-12-6-4-7-14(20(29)24-11-17(28)31-3)18(12)25-21(30)16-10-13(2)26-27(16)19-15(22)8-5-9-23-19/h4-10H,11H2,1-3H3,(H,24,29)(H,25,30). The van der Waals surface area contributed by atoms with Crippen molar-refractivity contribution in [3.05, 3.63) is 70.1 Å². The highest BCUT2D eigenvalue weighted by molar-refractivity contribution is 6.32. The number of benzene rings is 1. The van der Waals surface area contributed by atoms with Gasteiger partial charge in [0.1, 0.15) is 12.2 Å². The summed E-state index contributed by atoms with van der Waals surface area (Å²) in [4.78, 5) is 41.2. The molecule has 0 radical (unpaired) electrons. The van der Waals surface area contributed by atoms with Crippen LogP contribution in [0.4, 0.5) is 5.69 Å². The first-order valence-electron chi connectivity index (χ1n) is 9.25. The third kappa shape index (κ3) is 4.89. The number of aromatic nitrogens is 3. The Labute approximate surface area is 183 Å². The van der Waals surface area contributed by atoms with Gasteiger partial charge in [-0.15, -0.1) is 0 Å². The van der Waals surface area contributed by atoms with Gasteiger partial charge in [-0.3, -0.25) is 14.4 Å². The van der Waals surface area contributed by atoms with Gasteiger partial charge in [-0.1, -0.05) is 23.7 Å². The molecule has 0 unspecified atom stereocenters. The summed E-state index contributed by atoms with van der Waals surface area (Å²) in [6.07, 6.45) is 1.55. The lowest BCUT2D eigenvalue weighted by Crippen LogP contribution is -2.31. The average molecular weight is 442 g/mol. The van der Waals surface area contributed by atoms with Crippen LogP contribution >= 0.6 is 11.6 Å². The molecule has 2 aromatic heterocycles. The Morgan fingerprint density at radius 3 is 2.61 bits per heavy atom. The van der Waals surface area contributed by atoms with E-state index >= 15 is 0 Å². The molecule has 1 aromatic carbocycles. The smallest absolute Gasteiger partial charge is 0.325 e. The van der Waals surface area contributed by atoms with Crippen molar-refractivity contribution in [1.29, 1.82) is 0 Å². The second-order valence-electron chi connectivity index (χ2n) is 6.60. The van der Waals surface area contributed by atoms with E-state index in [4.69, 9.17) is 11.6 Å². The van der Waals surface area contributed by atoms with E-state index in [1.807, 2.05) is 0 Å². The number of methoxy groups -OCH3 is 1. The van der Waals surface area contributed by atoms with Crippen LogP contribution in [0.25, 0.3) is 5.82 Å². The van der Waals surface area contributed by atoms with E-state index in [9.17, 15) is 14.4 Å². The number of esters is 1. The first kappa shape index (κ1) is 22.0. The fraction of sp³-hybridized carbons (Fsp3) is 0.190. The van der Waals surface area contributed by atoms with Gasteiger partial charge in [-0.05, 0) is 43.7 Å². The molecule has 3 rings (SSSR count). The third-order valence-corrected chi connectivity index (χ3v) is 4.68. The van der Waals surface area contributed by atoms with E-state index in [1.54, 1.807) is 56.4 Å². The zero-order chi connectivity index (χ0) is 22.5. The molecule has 2 amide bonds. The van der Waals surface area contributed by atoms with Crippen molar-refractivity contribution in [1.82, 2.24) is 20.1 Å². The minimum absolute atomic E-state index is 0.197. The van der Waals surface area contributed by atoms with Crippen molar-refractivity contribution >= 4 is 35.1 Å². The molecule has 0 aliphatic carbocycles. The molecule has 9 nitrogen and oxygen atoms in total. The van der Waals surface area contributed by atoms with Gasteiger partial charge in [0, 0.05) is 6.20 Å². The van der Waals surface area contributed by atoms with Crippen LogP contribution < -0.4 is 10.6 Å². The SMILES string of the molecule is COC(=O)CNC(=O)c1cccc(C)c1NC(=O)c1cc(C)nn1-c1ncccc1Cl. The molecule has 0 atom stereocenters. The monoisotopic (exact) mass is 441 g/mol. The maximum absolute atomic E-state index is 13.1. The summed E-state index contributed by atoms with van der Waals surface area (Å²) >= 11 is 6.22. The van der Waals surface area contributed by atoms with E-state index in [2.05, 4.69) is 25.5 Å². The van der Waals surface area contributed by atoms with E-state index in [0.29, 0.717) is 27.8 Å². The van der Waals surface area contributed by atoms with Crippen LogP contribution in [0.2, 0.25) is 5.02 Å². The van der Waals surface area contributed by atoms with Gasteiger partial charge < -0.3 is 15.4 Å². The molecule has 0 spiro atoms. The van der Waals surface area contributed by atoms with Crippen molar-refractivity contribution in [2.75, 3.05) is 19.0 Å². The van der Waals surface area contributed by atoms with Crippen LogP contribution in [-0.2, 0) is 9.53 Å². The van der Waals surface area contributed by atoms with Crippen molar-refractivity contribution < 1.29 is 19.1 Å². The molecule has 0 bridgehead atoms. The van der Waals surface area contributed by atoms with Gasteiger partial charge in [-0.2, -0.15) is 5.10 Å². The molecule has 0 saturated carbocycles. The van der Waals surface area contributed by atoms with Crippen LogP contribution in [0, 0.1) is 13.8 Å². The molecule has 160 valence electrons. The van der Waals surface area contributed by atoms with E-state index in [-0.39, 0.29) is 17.8 Å². The number of nitrogens with one attached hydrogen (secondary N) is 2. The number of pyridine rings is 1. The molecule has 0 fully saturated rings. The molecule has 3 aromatic rings. The Hall–Kier alpha value is -3.72. The number of ether oxygens (including phenoxy) is 1. The second kappa shape index (κ2) is 9.40. The van der Waals surface area contributed by atoms with Crippen molar-refractivity contribution in [3.63, 3.8) is 0 Å². The van der Waals surface area contributed by atoms with Gasteiger partial charge in [0.05, 0.1) is 29.1 Å². The number of carbonyl (C=O) groups excluding carboxylic acids is 3. The number of para-hydroxylation sites is 1. The summed E-state index contributed by atoms with van der Waals surface area (Å²) in [6.45, 7) is 3.20. The summed E-state index contributed by atoms with van der Waals surface area (Å²) in [5, 5.41) is 9.89. The third-order valence-electron chi connectivity index (χ3n) is 4.38. The molecule has 31 heavy (non-hydrogen) atoms. The highest BCUT2D eigenvalue weighted by Crippen LogP contribution is 2.23. The van der Waals surface area contributed by atoms with Gasteiger partial charge in [0.2, 0.25) is 0 Å². The maximum atomic E-state index is 13.1. The van der Waals surface area contributed by atoms with Crippen LogP contribution in [0.3, 0.4) is 0 Å². The van der Waals surface area contributed by atoms with Crippen LogP contribution in [-0.4, -0.2) is 46.2 Å². The fourth-order valence-corrected chi connectivity index (χ4v) is 3.08. The van der Waals surface area contributed by atoms with Gasteiger partial charge >= 0.3 is 5.97 Å². The van der Waals surface area contributed by atoms with E-state index < -0.39 is 17.8 Å². The zero-order valence-electron chi connectivity index (χ0n) is 17.1. The Balaban J connectivity index is 1.93. The number of nitrogens with zero attached hydrogens (tertiary/aromatic N) is 3. The number of amides is 2. The Bertz CT molecular complexity index is 1160. The minimum Gasteiger partial charge on any atom is -0.468 e. The lowest BCUT2D eigenvalue weighted by molar-refractivity contribution is -0.139. The molecule has 0 saturated heterocycles. The van der Waals surface area contributed by atoms with Crippen molar-refractivity contribution in [2.45, 2.75) is 13.8 Å². The topological polar surface area (TPSA) is 115 Å².